The van der Waals surface area contributed by atoms with Gasteiger partial charge in [0, 0.05) is 18.1 Å². The van der Waals surface area contributed by atoms with Crippen LogP contribution in [0.3, 0.4) is 0 Å². The number of hydrogen-bond donors (Lipinski definition) is 1. The van der Waals surface area contributed by atoms with E-state index in [1.54, 1.807) is 0 Å². The first-order valence-electron chi connectivity index (χ1n) is 7.56. The topological polar surface area (TPSA) is 62.3 Å². The third-order valence-corrected chi connectivity index (χ3v) is 4.11. The summed E-state index contributed by atoms with van der Waals surface area (Å²) in [7, 11) is 0. The van der Waals surface area contributed by atoms with E-state index in [2.05, 4.69) is 16.9 Å². The first-order valence-corrected chi connectivity index (χ1v) is 7.56. The van der Waals surface area contributed by atoms with Crippen LogP contribution in [-0.4, -0.2) is 46.8 Å². The third-order valence-electron chi connectivity index (χ3n) is 4.11. The molecule has 0 bridgehead atoms. The molecule has 2 aromatic rings. The number of likely N-dealkylation sites (tertiary alicyclic amines) is 1. The number of halogens is 4. The zero-order chi connectivity index (χ0) is 19.1. The molecule has 1 N–H and O–H groups in total. The summed E-state index contributed by atoms with van der Waals surface area (Å²) in [6.45, 7) is 2.04. The summed E-state index contributed by atoms with van der Waals surface area (Å²) in [6, 6.07) is 1.75. The Balaban J connectivity index is 1.82. The largest absolute Gasteiger partial charge is 0.341 e. The summed E-state index contributed by atoms with van der Waals surface area (Å²) >= 11 is 0. The van der Waals surface area contributed by atoms with Crippen molar-refractivity contribution in [3.05, 3.63) is 54.2 Å². The van der Waals surface area contributed by atoms with Gasteiger partial charge in [-0.2, -0.15) is 0 Å². The van der Waals surface area contributed by atoms with Crippen LogP contribution >= 0.6 is 0 Å². The quantitative estimate of drug-likeness (QED) is 0.669. The smallest absolute Gasteiger partial charge is 0.286 e. The molecule has 1 atom stereocenters. The second-order valence-electron chi connectivity index (χ2n) is 5.87. The van der Waals surface area contributed by atoms with Crippen molar-refractivity contribution in [3.63, 3.8) is 0 Å². The molecule has 5 nitrogen and oxygen atoms in total. The second kappa shape index (κ2) is 6.40. The Morgan fingerprint density at radius 1 is 1.35 bits per heavy atom. The molecule has 1 aliphatic heterocycles. The number of benzene rings is 1. The van der Waals surface area contributed by atoms with Crippen molar-refractivity contribution in [2.75, 3.05) is 13.1 Å². The van der Waals surface area contributed by atoms with Gasteiger partial charge in [0.2, 0.25) is 5.91 Å². The average molecular weight is 367 g/mol. The summed E-state index contributed by atoms with van der Waals surface area (Å²) in [5.74, 6) is -7.07. The molecular formula is C17H13F4N3O2. The molecule has 136 valence electrons. The van der Waals surface area contributed by atoms with Crippen LogP contribution in [0, 0.1) is 11.6 Å². The highest BCUT2D eigenvalue weighted by Crippen LogP contribution is 2.28. The van der Waals surface area contributed by atoms with Gasteiger partial charge in [-0.1, -0.05) is 6.58 Å². The minimum absolute atomic E-state index is 0.0900. The Hall–Kier alpha value is -2.97. The van der Waals surface area contributed by atoms with E-state index in [-0.39, 0.29) is 23.0 Å². The van der Waals surface area contributed by atoms with E-state index in [0.29, 0.717) is 0 Å². The lowest BCUT2D eigenvalue weighted by Crippen LogP contribution is -2.46. The fourth-order valence-electron chi connectivity index (χ4n) is 2.74. The minimum Gasteiger partial charge on any atom is -0.341 e. The zero-order valence-corrected chi connectivity index (χ0v) is 13.3. The van der Waals surface area contributed by atoms with Gasteiger partial charge in [-0.15, -0.1) is 0 Å². The number of pyridine rings is 1. The molecular weight excluding hydrogens is 354 g/mol. The number of carbonyl (C=O) groups is 2. The third kappa shape index (κ3) is 3.12. The van der Waals surface area contributed by atoms with Crippen molar-refractivity contribution in [2.24, 2.45) is 0 Å². The van der Waals surface area contributed by atoms with Crippen molar-refractivity contribution in [1.29, 1.82) is 0 Å². The van der Waals surface area contributed by atoms with Gasteiger partial charge in [0.25, 0.3) is 11.8 Å². The molecule has 26 heavy (non-hydrogen) atoms. The number of nitrogens with zero attached hydrogens (tertiary/aromatic N) is 2. The minimum atomic E-state index is -3.31. The van der Waals surface area contributed by atoms with Gasteiger partial charge in [0.1, 0.15) is 11.6 Å². The lowest BCUT2D eigenvalue weighted by molar-refractivity contribution is -0.126. The standard InChI is InChI=1S/C17H13F4N3O2/c1-2-13(25)24-7-12(17(20,21)8-24)23-16(26)10-5-9-3-4-11(18)14(19)15(9)22-6-10/h2-6,12H,1,7-8H2,(H,23,26). The molecule has 9 heteroatoms. The molecule has 1 saturated heterocycles. The van der Waals surface area contributed by atoms with E-state index in [9.17, 15) is 27.2 Å². The normalized spacial score (nSPS) is 18.8. The highest BCUT2D eigenvalue weighted by atomic mass is 19.3. The number of fused-ring (bicyclic) bond motifs is 1. The van der Waals surface area contributed by atoms with E-state index in [4.69, 9.17) is 0 Å². The van der Waals surface area contributed by atoms with E-state index in [0.717, 1.165) is 23.2 Å². The number of nitrogens with one attached hydrogen (secondary N) is 1. The molecule has 1 aliphatic rings. The number of amides is 2. The Morgan fingerprint density at radius 3 is 2.77 bits per heavy atom. The van der Waals surface area contributed by atoms with Crippen LogP contribution in [0.2, 0.25) is 0 Å². The van der Waals surface area contributed by atoms with E-state index in [1.165, 1.54) is 12.1 Å². The number of carbonyl (C=O) groups excluding carboxylic acids is 2. The number of aromatic nitrogens is 1. The first kappa shape index (κ1) is 17.8. The molecule has 1 unspecified atom stereocenters. The molecule has 0 spiro atoms. The monoisotopic (exact) mass is 367 g/mol. The van der Waals surface area contributed by atoms with Crippen molar-refractivity contribution in [3.8, 4) is 0 Å². The van der Waals surface area contributed by atoms with E-state index >= 15 is 0 Å². The van der Waals surface area contributed by atoms with E-state index in [1.807, 2.05) is 0 Å². The lowest BCUT2D eigenvalue weighted by Gasteiger charge is -2.18. The summed E-state index contributed by atoms with van der Waals surface area (Å²) in [5.41, 5.74) is -0.358. The maximum Gasteiger partial charge on any atom is 0.286 e. The number of rotatable bonds is 3. The fraction of sp³-hybridized carbons (Fsp3) is 0.235. The molecule has 0 radical (unpaired) electrons. The summed E-state index contributed by atoms with van der Waals surface area (Å²) < 4.78 is 54.9. The van der Waals surface area contributed by atoms with Gasteiger partial charge in [0.15, 0.2) is 11.6 Å². The maximum absolute atomic E-state index is 14.0. The Kier molecular flexibility index (Phi) is 4.39. The van der Waals surface area contributed by atoms with Crippen molar-refractivity contribution < 1.29 is 27.2 Å². The average Bonchev–Trinajstić information content (AvgIpc) is 2.91. The molecule has 3 rings (SSSR count). The second-order valence-corrected chi connectivity index (χ2v) is 5.87. The molecule has 2 amide bonds. The highest BCUT2D eigenvalue weighted by molar-refractivity contribution is 5.97. The molecule has 1 fully saturated rings. The summed E-state index contributed by atoms with van der Waals surface area (Å²) in [4.78, 5) is 28.3. The zero-order valence-electron chi connectivity index (χ0n) is 13.3. The Morgan fingerprint density at radius 2 is 2.08 bits per heavy atom. The molecule has 0 saturated carbocycles. The van der Waals surface area contributed by atoms with Gasteiger partial charge < -0.3 is 10.2 Å². The van der Waals surface area contributed by atoms with Crippen molar-refractivity contribution >= 4 is 22.7 Å². The van der Waals surface area contributed by atoms with Gasteiger partial charge in [-0.05, 0) is 24.3 Å². The van der Waals surface area contributed by atoms with Crippen LogP contribution in [0.1, 0.15) is 10.4 Å². The first-order chi connectivity index (χ1) is 12.2. The van der Waals surface area contributed by atoms with Crippen LogP contribution < -0.4 is 5.32 Å². The number of hydrogen-bond acceptors (Lipinski definition) is 3. The van der Waals surface area contributed by atoms with Crippen LogP contribution in [-0.2, 0) is 4.79 Å². The fourth-order valence-corrected chi connectivity index (χ4v) is 2.74. The molecule has 2 heterocycles. The van der Waals surface area contributed by atoms with Gasteiger partial charge in [-0.25, -0.2) is 17.6 Å². The van der Waals surface area contributed by atoms with Gasteiger partial charge >= 0.3 is 0 Å². The Labute approximate surface area is 145 Å². The van der Waals surface area contributed by atoms with E-state index < -0.39 is 42.0 Å². The predicted octanol–water partition coefficient (Wildman–Crippen LogP) is 2.27. The summed E-state index contributed by atoms with van der Waals surface area (Å²) in [6.07, 6.45) is 1.89. The van der Waals surface area contributed by atoms with Crippen LogP contribution in [0.15, 0.2) is 37.1 Å². The predicted molar refractivity (Wildman–Crippen MR) is 84.6 cm³/mol. The molecule has 1 aromatic heterocycles. The van der Waals surface area contributed by atoms with Crippen molar-refractivity contribution in [2.45, 2.75) is 12.0 Å². The Bertz CT molecular complexity index is 916. The van der Waals surface area contributed by atoms with Crippen LogP contribution in [0.25, 0.3) is 10.9 Å². The summed E-state index contributed by atoms with van der Waals surface area (Å²) in [5, 5.41) is 2.31. The van der Waals surface area contributed by atoms with Crippen LogP contribution in [0.5, 0.6) is 0 Å². The van der Waals surface area contributed by atoms with Gasteiger partial charge in [0.05, 0.1) is 12.1 Å². The number of alkyl halides is 2. The highest BCUT2D eigenvalue weighted by Gasteiger charge is 2.50. The SMILES string of the molecule is C=CC(=O)N1CC(NC(=O)c2cnc3c(F)c(F)ccc3c2)C(F)(F)C1. The van der Waals surface area contributed by atoms with Crippen LogP contribution in [0.4, 0.5) is 17.6 Å². The molecule has 1 aromatic carbocycles. The molecule has 0 aliphatic carbocycles. The lowest BCUT2D eigenvalue weighted by atomic mass is 10.1. The maximum atomic E-state index is 14.0. The van der Waals surface area contributed by atoms with Gasteiger partial charge in [-0.3, -0.25) is 14.6 Å². The van der Waals surface area contributed by atoms with Crippen molar-refractivity contribution in [1.82, 2.24) is 15.2 Å².